The van der Waals surface area contributed by atoms with E-state index in [2.05, 4.69) is 5.32 Å². The normalized spacial score (nSPS) is 18.1. The van der Waals surface area contributed by atoms with Gasteiger partial charge in [-0.2, -0.15) is 0 Å². The first-order valence-corrected chi connectivity index (χ1v) is 8.57. The lowest BCUT2D eigenvalue weighted by Gasteiger charge is -2.26. The predicted octanol–water partition coefficient (Wildman–Crippen LogP) is 3.66. The SMILES string of the molecule is Cl.O=C(CCC1CCNCC1)N(Cc1ccc(F)cc1F)C1CC1. The molecule has 134 valence electrons. The molecule has 24 heavy (non-hydrogen) atoms. The molecule has 2 aliphatic rings. The van der Waals surface area contributed by atoms with E-state index in [0.717, 1.165) is 51.3 Å². The van der Waals surface area contributed by atoms with Gasteiger partial charge in [-0.15, -0.1) is 12.4 Å². The van der Waals surface area contributed by atoms with E-state index in [9.17, 15) is 13.6 Å². The van der Waals surface area contributed by atoms with Crippen LogP contribution in [0.15, 0.2) is 18.2 Å². The van der Waals surface area contributed by atoms with Crippen molar-refractivity contribution in [3.8, 4) is 0 Å². The number of nitrogens with one attached hydrogen (secondary N) is 1. The molecule has 1 aromatic carbocycles. The molecule has 1 saturated carbocycles. The second kappa shape index (κ2) is 8.77. The summed E-state index contributed by atoms with van der Waals surface area (Å²) in [4.78, 5) is 14.4. The standard InChI is InChI=1S/C18H24F2N2O.ClH/c19-15-3-2-14(17(20)11-15)12-22(16-4-5-16)18(23)6-1-13-7-9-21-10-8-13;/h2-3,11,13,16,21H,1,4-10,12H2;1H. The van der Waals surface area contributed by atoms with Crippen molar-refractivity contribution in [3.63, 3.8) is 0 Å². The van der Waals surface area contributed by atoms with E-state index < -0.39 is 11.6 Å². The summed E-state index contributed by atoms with van der Waals surface area (Å²) in [6.45, 7) is 2.32. The molecule has 1 amide bonds. The number of piperidine rings is 1. The van der Waals surface area contributed by atoms with E-state index >= 15 is 0 Å². The monoisotopic (exact) mass is 358 g/mol. The minimum absolute atomic E-state index is 0. The molecule has 0 atom stereocenters. The van der Waals surface area contributed by atoms with Crippen LogP contribution in [0.5, 0.6) is 0 Å². The van der Waals surface area contributed by atoms with Gasteiger partial charge < -0.3 is 10.2 Å². The van der Waals surface area contributed by atoms with Crippen LogP contribution in [0.4, 0.5) is 8.78 Å². The Balaban J connectivity index is 0.00000208. The molecule has 0 aromatic heterocycles. The highest BCUT2D eigenvalue weighted by Crippen LogP contribution is 2.30. The fourth-order valence-electron chi connectivity index (χ4n) is 3.28. The van der Waals surface area contributed by atoms with Crippen LogP contribution < -0.4 is 5.32 Å². The van der Waals surface area contributed by atoms with Gasteiger partial charge >= 0.3 is 0 Å². The van der Waals surface area contributed by atoms with E-state index in [1.54, 1.807) is 4.90 Å². The topological polar surface area (TPSA) is 32.3 Å². The minimum Gasteiger partial charge on any atom is -0.335 e. The number of rotatable bonds is 6. The van der Waals surface area contributed by atoms with Gasteiger partial charge in [0.05, 0.1) is 0 Å². The van der Waals surface area contributed by atoms with E-state index in [-0.39, 0.29) is 30.9 Å². The maximum atomic E-state index is 13.8. The molecule has 0 bridgehead atoms. The minimum atomic E-state index is -0.582. The predicted molar refractivity (Wildman–Crippen MR) is 92.0 cm³/mol. The number of amides is 1. The Labute approximate surface area is 148 Å². The number of hydrogen-bond acceptors (Lipinski definition) is 2. The molecule has 1 N–H and O–H groups in total. The number of nitrogens with zero attached hydrogens (tertiary/aromatic N) is 1. The van der Waals surface area contributed by atoms with Crippen molar-refractivity contribution in [2.75, 3.05) is 13.1 Å². The van der Waals surface area contributed by atoms with Crippen molar-refractivity contribution in [2.24, 2.45) is 5.92 Å². The molecule has 0 unspecified atom stereocenters. The molecule has 1 aromatic rings. The summed E-state index contributed by atoms with van der Waals surface area (Å²) >= 11 is 0. The fourth-order valence-corrected chi connectivity index (χ4v) is 3.28. The van der Waals surface area contributed by atoms with Gasteiger partial charge in [-0.3, -0.25) is 4.79 Å². The number of halogens is 3. The molecule has 1 aliphatic carbocycles. The number of benzene rings is 1. The van der Waals surface area contributed by atoms with Crippen molar-refractivity contribution in [3.05, 3.63) is 35.4 Å². The lowest BCUT2D eigenvalue weighted by Crippen LogP contribution is -2.34. The zero-order chi connectivity index (χ0) is 16.2. The van der Waals surface area contributed by atoms with Crippen molar-refractivity contribution < 1.29 is 13.6 Å². The van der Waals surface area contributed by atoms with Crippen molar-refractivity contribution >= 4 is 18.3 Å². The van der Waals surface area contributed by atoms with Gasteiger partial charge in [-0.05, 0) is 57.2 Å². The summed E-state index contributed by atoms with van der Waals surface area (Å²) in [5.74, 6) is -0.429. The second-order valence-electron chi connectivity index (χ2n) is 6.72. The van der Waals surface area contributed by atoms with Gasteiger partial charge in [0, 0.05) is 30.6 Å². The summed E-state index contributed by atoms with van der Waals surface area (Å²) < 4.78 is 26.9. The molecule has 0 spiro atoms. The Bertz CT molecular complexity index is 560. The van der Waals surface area contributed by atoms with Gasteiger partial charge in [0.1, 0.15) is 11.6 Å². The largest absolute Gasteiger partial charge is 0.335 e. The summed E-state index contributed by atoms with van der Waals surface area (Å²) in [6.07, 6.45) is 5.68. The number of hydrogen-bond donors (Lipinski definition) is 1. The lowest BCUT2D eigenvalue weighted by atomic mass is 9.93. The quantitative estimate of drug-likeness (QED) is 0.841. The van der Waals surface area contributed by atoms with Crippen LogP contribution in [0.25, 0.3) is 0 Å². The summed E-state index contributed by atoms with van der Waals surface area (Å²) in [7, 11) is 0. The maximum absolute atomic E-state index is 13.8. The first-order chi connectivity index (χ1) is 11.1. The Morgan fingerprint density at radius 3 is 2.50 bits per heavy atom. The van der Waals surface area contributed by atoms with Gasteiger partial charge in [-0.25, -0.2) is 8.78 Å². The molecule has 2 fully saturated rings. The van der Waals surface area contributed by atoms with Crippen LogP contribution in [0.3, 0.4) is 0 Å². The fraction of sp³-hybridized carbons (Fsp3) is 0.611. The maximum Gasteiger partial charge on any atom is 0.223 e. The van der Waals surface area contributed by atoms with Crippen molar-refractivity contribution in [1.82, 2.24) is 10.2 Å². The lowest BCUT2D eigenvalue weighted by molar-refractivity contribution is -0.132. The van der Waals surface area contributed by atoms with Crippen LogP contribution >= 0.6 is 12.4 Å². The van der Waals surface area contributed by atoms with Crippen LogP contribution in [-0.2, 0) is 11.3 Å². The summed E-state index contributed by atoms with van der Waals surface area (Å²) in [6, 6.07) is 3.82. The Morgan fingerprint density at radius 2 is 1.88 bits per heavy atom. The van der Waals surface area contributed by atoms with E-state index in [4.69, 9.17) is 0 Å². The first kappa shape index (κ1) is 19.1. The van der Waals surface area contributed by atoms with Crippen LogP contribution in [0.2, 0.25) is 0 Å². The van der Waals surface area contributed by atoms with E-state index in [1.165, 1.54) is 12.1 Å². The smallest absolute Gasteiger partial charge is 0.223 e. The van der Waals surface area contributed by atoms with Gasteiger partial charge in [0.25, 0.3) is 0 Å². The molecule has 1 heterocycles. The third-order valence-electron chi connectivity index (χ3n) is 4.89. The van der Waals surface area contributed by atoms with Crippen LogP contribution in [0.1, 0.15) is 44.1 Å². The highest BCUT2D eigenvalue weighted by atomic mass is 35.5. The molecule has 3 nitrogen and oxygen atoms in total. The average molecular weight is 359 g/mol. The van der Waals surface area contributed by atoms with Crippen LogP contribution in [0, 0.1) is 17.6 Å². The highest BCUT2D eigenvalue weighted by molar-refractivity contribution is 5.85. The Kier molecular flexibility index (Phi) is 6.99. The molecule has 3 rings (SSSR count). The molecular weight excluding hydrogens is 334 g/mol. The van der Waals surface area contributed by atoms with Gasteiger partial charge in [0.2, 0.25) is 5.91 Å². The van der Waals surface area contributed by atoms with Crippen LogP contribution in [-0.4, -0.2) is 29.9 Å². The molecule has 1 saturated heterocycles. The van der Waals surface area contributed by atoms with Gasteiger partial charge in [-0.1, -0.05) is 6.07 Å². The van der Waals surface area contributed by atoms with Crippen molar-refractivity contribution in [1.29, 1.82) is 0 Å². The Morgan fingerprint density at radius 1 is 1.17 bits per heavy atom. The first-order valence-electron chi connectivity index (χ1n) is 8.57. The third kappa shape index (κ3) is 5.15. The zero-order valence-electron chi connectivity index (χ0n) is 13.8. The average Bonchev–Trinajstić information content (AvgIpc) is 3.38. The number of carbonyl (C=O) groups excluding carboxylic acids is 1. The summed E-state index contributed by atoms with van der Waals surface area (Å²) in [5.41, 5.74) is 0.397. The molecule has 0 radical (unpaired) electrons. The second-order valence-corrected chi connectivity index (χ2v) is 6.72. The summed E-state index contributed by atoms with van der Waals surface area (Å²) in [5, 5.41) is 3.33. The van der Waals surface area contributed by atoms with E-state index in [1.807, 2.05) is 0 Å². The van der Waals surface area contributed by atoms with E-state index in [0.29, 0.717) is 17.9 Å². The highest BCUT2D eigenvalue weighted by Gasteiger charge is 2.33. The Hall–Kier alpha value is -1.20. The molecule has 1 aliphatic heterocycles. The number of carbonyl (C=O) groups is 1. The zero-order valence-corrected chi connectivity index (χ0v) is 14.6. The van der Waals surface area contributed by atoms with Crippen molar-refractivity contribution in [2.45, 2.75) is 51.1 Å². The molecular formula is C18H25ClF2N2O. The molecule has 6 heteroatoms. The van der Waals surface area contributed by atoms with Gasteiger partial charge in [0.15, 0.2) is 0 Å². The third-order valence-corrected chi connectivity index (χ3v) is 4.89.